The molecule has 4 aromatic rings. The molecule has 0 bridgehead atoms. The fourth-order valence-corrected chi connectivity index (χ4v) is 8.22. The first-order valence-electron chi connectivity index (χ1n) is 23.2. The zero-order chi connectivity index (χ0) is 45.4. The summed E-state index contributed by atoms with van der Waals surface area (Å²) in [6.45, 7) is 16.4. The number of amides is 1. The number of likely N-dealkylation sites (N-methyl/N-ethyl adjacent to an activating group) is 1. The molecule has 1 amide bonds. The van der Waals surface area contributed by atoms with Gasteiger partial charge in [-0.2, -0.15) is 5.10 Å². The highest BCUT2D eigenvalue weighted by Crippen LogP contribution is 2.29. The molecule has 0 spiro atoms. The molecule has 13 heteroatoms. The molecule has 0 aliphatic carbocycles. The molecular weight excluding hydrogens is 809 g/mol. The van der Waals surface area contributed by atoms with Gasteiger partial charge in [0.05, 0.1) is 17.7 Å². The SMILES string of the molecule is CCCCCCCCCCCCC(Oc1cccc(C(C)(C)C)c1)C(=O)Nc1ccc(CCCc2nc3n(n2)N=C(C)C3=Nc2ccc(N(CC)CCNS(C)(=O)=O)cc2C)cc1. The standard InChI is InChI=1S/C50H72N8O4S/c1-9-11-12-13-14-15-16-17-18-19-25-45(62-43-24-21-23-40(36-43)50(5,6)7)49(59)52-41-29-27-39(28-30-41)22-20-26-46-54-48-47(38(4)55-58(48)56-46)53-44-32-31-42(35-37(44)3)57(10-2)34-33-51-63(8,60)61/h21,23-24,27-32,35-36,45,51H,9-20,22,25-26,33-34H2,1-8H3,(H,52,59). The third-order valence-corrected chi connectivity index (χ3v) is 12.2. The lowest BCUT2D eigenvalue weighted by molar-refractivity contribution is -0.123. The average Bonchev–Trinajstić information content (AvgIpc) is 3.76. The maximum Gasteiger partial charge on any atom is 0.265 e. The van der Waals surface area contributed by atoms with Crippen LogP contribution in [0.15, 0.2) is 76.8 Å². The normalized spacial score (nSPS) is 13.8. The number of rotatable bonds is 26. The number of ether oxygens (including phenoxy) is 1. The van der Waals surface area contributed by atoms with E-state index in [0.717, 1.165) is 66.3 Å². The number of aliphatic imine (C=N–C) groups is 1. The van der Waals surface area contributed by atoms with E-state index >= 15 is 0 Å². The van der Waals surface area contributed by atoms with Crippen molar-refractivity contribution in [2.24, 2.45) is 10.1 Å². The summed E-state index contributed by atoms with van der Waals surface area (Å²) < 4.78 is 32.0. The highest BCUT2D eigenvalue weighted by Gasteiger charge is 2.25. The quantitative estimate of drug-likeness (QED) is 0.0598. The minimum Gasteiger partial charge on any atom is -0.481 e. The number of nitrogens with zero attached hydrogens (tertiary/aromatic N) is 6. The Kier molecular flexibility index (Phi) is 18.5. The largest absolute Gasteiger partial charge is 0.481 e. The Morgan fingerprint density at radius 1 is 0.873 bits per heavy atom. The predicted octanol–water partition coefficient (Wildman–Crippen LogP) is 10.5. The van der Waals surface area contributed by atoms with Gasteiger partial charge in [-0.3, -0.25) is 4.79 Å². The van der Waals surface area contributed by atoms with E-state index in [1.807, 2.05) is 57.2 Å². The number of fused-ring (bicyclic) bond motifs is 1. The molecule has 1 aliphatic heterocycles. The Morgan fingerprint density at radius 3 is 2.22 bits per heavy atom. The Hall–Kier alpha value is -4.88. The summed E-state index contributed by atoms with van der Waals surface area (Å²) in [5.41, 5.74) is 7.34. The summed E-state index contributed by atoms with van der Waals surface area (Å²) in [7, 11) is -3.24. The van der Waals surface area contributed by atoms with Crippen LogP contribution in [0.1, 0.15) is 147 Å². The van der Waals surface area contributed by atoms with Crippen LogP contribution in [0, 0.1) is 6.92 Å². The number of sulfonamides is 1. The topological polar surface area (TPSA) is 143 Å². The van der Waals surface area contributed by atoms with Crippen LogP contribution in [0.3, 0.4) is 0 Å². The molecular formula is C50H72N8O4S. The van der Waals surface area contributed by atoms with Gasteiger partial charge < -0.3 is 15.0 Å². The van der Waals surface area contributed by atoms with Gasteiger partial charge >= 0.3 is 0 Å². The third-order valence-electron chi connectivity index (χ3n) is 11.5. The van der Waals surface area contributed by atoms with Crippen molar-refractivity contribution in [2.75, 3.05) is 36.1 Å². The van der Waals surface area contributed by atoms with Crippen molar-refractivity contribution in [3.8, 4) is 5.75 Å². The van der Waals surface area contributed by atoms with Gasteiger partial charge in [0.1, 0.15) is 11.5 Å². The van der Waals surface area contributed by atoms with E-state index in [0.29, 0.717) is 43.3 Å². The van der Waals surface area contributed by atoms with Gasteiger partial charge in [0, 0.05) is 37.4 Å². The number of anilines is 2. The number of unbranched alkanes of at least 4 members (excludes halogenated alkanes) is 9. The maximum atomic E-state index is 13.7. The van der Waals surface area contributed by atoms with E-state index in [2.05, 4.69) is 83.2 Å². The second kappa shape index (κ2) is 23.7. The number of carbonyl (C=O) groups excluding carboxylic acids is 1. The van der Waals surface area contributed by atoms with Crippen molar-refractivity contribution < 1.29 is 17.9 Å². The fourth-order valence-electron chi connectivity index (χ4n) is 7.76. The molecule has 1 unspecified atom stereocenters. The average molecular weight is 881 g/mol. The van der Waals surface area contributed by atoms with Gasteiger partial charge in [-0.25, -0.2) is 23.1 Å². The fraction of sp³-hybridized carbons (Fsp3) is 0.540. The summed E-state index contributed by atoms with van der Waals surface area (Å²) in [5, 5.41) is 12.4. The summed E-state index contributed by atoms with van der Waals surface area (Å²) in [5.74, 6) is 1.96. The van der Waals surface area contributed by atoms with Crippen LogP contribution in [-0.2, 0) is 33.1 Å². The van der Waals surface area contributed by atoms with Crippen molar-refractivity contribution in [3.05, 3.63) is 95.1 Å². The first-order chi connectivity index (χ1) is 30.1. The van der Waals surface area contributed by atoms with Gasteiger partial charge in [0.25, 0.3) is 5.91 Å². The minimum atomic E-state index is -3.24. The molecule has 342 valence electrons. The van der Waals surface area contributed by atoms with Crippen molar-refractivity contribution in [1.82, 2.24) is 19.6 Å². The van der Waals surface area contributed by atoms with Crippen LogP contribution in [0.2, 0.25) is 0 Å². The van der Waals surface area contributed by atoms with Crippen LogP contribution in [-0.4, -0.2) is 72.6 Å². The number of aryl methyl sites for hydroxylation is 3. The van der Waals surface area contributed by atoms with Gasteiger partial charge in [-0.15, -0.1) is 9.89 Å². The van der Waals surface area contributed by atoms with E-state index in [1.54, 1.807) is 4.79 Å². The highest BCUT2D eigenvalue weighted by atomic mass is 32.2. The molecule has 0 radical (unpaired) electrons. The molecule has 5 rings (SSSR count). The van der Waals surface area contributed by atoms with E-state index in [9.17, 15) is 13.2 Å². The Labute approximate surface area is 377 Å². The molecule has 0 saturated carbocycles. The van der Waals surface area contributed by atoms with Crippen molar-refractivity contribution in [1.29, 1.82) is 0 Å². The Balaban J connectivity index is 1.14. The number of carbonyl (C=O) groups is 1. The van der Waals surface area contributed by atoms with Gasteiger partial charge in [0.15, 0.2) is 11.9 Å². The molecule has 2 N–H and O–H groups in total. The van der Waals surface area contributed by atoms with Gasteiger partial charge in [-0.05, 0) is 111 Å². The lowest BCUT2D eigenvalue weighted by Gasteiger charge is -2.23. The van der Waals surface area contributed by atoms with E-state index in [-0.39, 0.29) is 11.3 Å². The summed E-state index contributed by atoms with van der Waals surface area (Å²) in [4.78, 5) is 27.2. The van der Waals surface area contributed by atoms with Gasteiger partial charge in [0.2, 0.25) is 15.8 Å². The molecule has 12 nitrogen and oxygen atoms in total. The second-order valence-electron chi connectivity index (χ2n) is 18.0. The third kappa shape index (κ3) is 15.7. The summed E-state index contributed by atoms with van der Waals surface area (Å²) >= 11 is 0. The Morgan fingerprint density at radius 2 is 1.57 bits per heavy atom. The number of benzene rings is 3. The van der Waals surface area contributed by atoms with Crippen molar-refractivity contribution in [3.63, 3.8) is 0 Å². The van der Waals surface area contributed by atoms with Crippen LogP contribution >= 0.6 is 0 Å². The van der Waals surface area contributed by atoms with Crippen LogP contribution < -0.4 is 19.7 Å². The maximum absolute atomic E-state index is 13.7. The molecule has 1 aromatic heterocycles. The molecule has 0 fully saturated rings. The first kappa shape index (κ1) is 49.1. The van der Waals surface area contributed by atoms with Gasteiger partial charge in [-0.1, -0.05) is 110 Å². The number of aromatic nitrogens is 3. The van der Waals surface area contributed by atoms with Crippen LogP contribution in [0.4, 0.5) is 17.1 Å². The molecule has 3 aromatic carbocycles. The zero-order valence-electron chi connectivity index (χ0n) is 39.2. The Bertz CT molecular complexity index is 2260. The first-order valence-corrected chi connectivity index (χ1v) is 25.1. The van der Waals surface area contributed by atoms with Crippen LogP contribution in [0.25, 0.3) is 0 Å². The van der Waals surface area contributed by atoms with E-state index in [4.69, 9.17) is 14.7 Å². The predicted molar refractivity (Wildman–Crippen MR) is 260 cm³/mol. The minimum absolute atomic E-state index is 0.0191. The summed E-state index contributed by atoms with van der Waals surface area (Å²) in [6, 6.07) is 22.3. The molecule has 63 heavy (non-hydrogen) atoms. The number of nitrogens with one attached hydrogen (secondary N) is 2. The molecule has 2 heterocycles. The smallest absolute Gasteiger partial charge is 0.265 e. The van der Waals surface area contributed by atoms with E-state index in [1.165, 1.54) is 68.7 Å². The number of hydrogen-bond donors (Lipinski definition) is 2. The van der Waals surface area contributed by atoms with E-state index < -0.39 is 16.1 Å². The lowest BCUT2D eigenvalue weighted by atomic mass is 9.87. The summed E-state index contributed by atoms with van der Waals surface area (Å²) in [6.07, 6.45) is 16.0. The van der Waals surface area contributed by atoms with Crippen LogP contribution in [0.5, 0.6) is 5.75 Å². The zero-order valence-corrected chi connectivity index (χ0v) is 40.0. The molecule has 0 saturated heterocycles. The number of hydrogen-bond acceptors (Lipinski definition) is 9. The molecule has 1 atom stereocenters. The van der Waals surface area contributed by atoms with Crippen molar-refractivity contribution in [2.45, 2.75) is 150 Å². The second-order valence-corrected chi connectivity index (χ2v) is 19.8. The lowest BCUT2D eigenvalue weighted by Crippen LogP contribution is -2.34. The highest BCUT2D eigenvalue weighted by molar-refractivity contribution is 7.88. The van der Waals surface area contributed by atoms with Crippen molar-refractivity contribution >= 4 is 44.4 Å². The monoisotopic (exact) mass is 881 g/mol. The molecule has 1 aliphatic rings.